The molecule has 1 atom stereocenters. The lowest BCUT2D eigenvalue weighted by atomic mass is 9.98. The van der Waals surface area contributed by atoms with Crippen molar-refractivity contribution in [3.8, 4) is 5.75 Å². The molecule has 3 heterocycles. The summed E-state index contributed by atoms with van der Waals surface area (Å²) in [4.78, 5) is 33.5. The van der Waals surface area contributed by atoms with Gasteiger partial charge in [0.25, 0.3) is 5.91 Å². The van der Waals surface area contributed by atoms with E-state index in [2.05, 4.69) is 13.0 Å². The summed E-state index contributed by atoms with van der Waals surface area (Å²) in [6.45, 7) is 2.08. The van der Waals surface area contributed by atoms with Gasteiger partial charge in [-0.1, -0.05) is 48.1 Å². The van der Waals surface area contributed by atoms with E-state index in [0.717, 1.165) is 16.6 Å². The molecule has 3 aromatic carbocycles. The first-order valence-corrected chi connectivity index (χ1v) is 11.9. The number of carbonyl (C=O) groups is 1. The number of thiazole rings is 1. The van der Waals surface area contributed by atoms with E-state index in [4.69, 9.17) is 21.0 Å². The molecule has 0 bridgehead atoms. The van der Waals surface area contributed by atoms with Crippen LogP contribution in [-0.2, 0) is 6.42 Å². The van der Waals surface area contributed by atoms with Crippen LogP contribution in [0.3, 0.4) is 0 Å². The number of nitrogens with zero attached hydrogens (tertiary/aromatic N) is 2. The van der Waals surface area contributed by atoms with Gasteiger partial charge in [-0.2, -0.15) is 0 Å². The van der Waals surface area contributed by atoms with E-state index >= 15 is 0 Å². The van der Waals surface area contributed by atoms with Gasteiger partial charge in [0.05, 0.1) is 27.2 Å². The van der Waals surface area contributed by atoms with Crippen molar-refractivity contribution in [3.63, 3.8) is 0 Å². The van der Waals surface area contributed by atoms with Gasteiger partial charge in [-0.3, -0.25) is 14.5 Å². The first kappa shape index (κ1) is 20.9. The molecule has 6 rings (SSSR count). The molecule has 8 heteroatoms. The van der Waals surface area contributed by atoms with Crippen LogP contribution in [0.1, 0.15) is 40.2 Å². The molecule has 168 valence electrons. The number of fused-ring (bicyclic) bond motifs is 3. The molecule has 0 spiro atoms. The van der Waals surface area contributed by atoms with Crippen molar-refractivity contribution in [3.05, 3.63) is 98.4 Å². The van der Waals surface area contributed by atoms with Crippen molar-refractivity contribution in [2.45, 2.75) is 19.4 Å². The molecule has 34 heavy (non-hydrogen) atoms. The van der Waals surface area contributed by atoms with Crippen molar-refractivity contribution < 1.29 is 14.3 Å². The molecule has 2 aromatic heterocycles. The number of anilines is 1. The van der Waals surface area contributed by atoms with E-state index in [1.54, 1.807) is 36.4 Å². The fourth-order valence-corrected chi connectivity index (χ4v) is 5.66. The van der Waals surface area contributed by atoms with Crippen molar-refractivity contribution in [1.82, 2.24) is 4.98 Å². The summed E-state index contributed by atoms with van der Waals surface area (Å²) in [5.74, 6) is -0.447. The van der Waals surface area contributed by atoms with Gasteiger partial charge in [-0.05, 0) is 60.0 Å². The number of aromatic hydroxyl groups is 1. The van der Waals surface area contributed by atoms with Crippen LogP contribution in [0.4, 0.5) is 5.13 Å². The van der Waals surface area contributed by atoms with Gasteiger partial charge in [-0.15, -0.1) is 0 Å². The van der Waals surface area contributed by atoms with Gasteiger partial charge >= 0.3 is 0 Å². The van der Waals surface area contributed by atoms with Crippen LogP contribution in [0.25, 0.3) is 21.2 Å². The molecule has 1 amide bonds. The fraction of sp³-hybridized carbons (Fsp3) is 0.115. The average Bonchev–Trinajstić information content (AvgIpc) is 3.37. The maximum atomic E-state index is 13.7. The summed E-state index contributed by atoms with van der Waals surface area (Å²) in [5, 5.41) is 11.3. The first-order valence-electron chi connectivity index (χ1n) is 10.7. The van der Waals surface area contributed by atoms with Crippen LogP contribution < -0.4 is 10.3 Å². The Hall–Kier alpha value is -3.68. The predicted octanol–water partition coefficient (Wildman–Crippen LogP) is 6.07. The zero-order valence-corrected chi connectivity index (χ0v) is 19.5. The molecule has 0 radical (unpaired) electrons. The maximum Gasteiger partial charge on any atom is 0.297 e. The molecule has 6 nitrogen and oxygen atoms in total. The van der Waals surface area contributed by atoms with Gasteiger partial charge in [0, 0.05) is 5.02 Å². The predicted molar refractivity (Wildman–Crippen MR) is 133 cm³/mol. The molecule has 0 unspecified atom stereocenters. The average molecular weight is 489 g/mol. The Morgan fingerprint density at radius 2 is 1.97 bits per heavy atom. The summed E-state index contributed by atoms with van der Waals surface area (Å²) >= 11 is 7.52. The van der Waals surface area contributed by atoms with Crippen LogP contribution in [0, 0.1) is 0 Å². The third-order valence-electron chi connectivity index (χ3n) is 6.07. The second kappa shape index (κ2) is 7.68. The Bertz CT molecular complexity index is 1690. The van der Waals surface area contributed by atoms with Gasteiger partial charge < -0.3 is 9.52 Å². The molecular formula is C26H17ClN2O4S. The van der Waals surface area contributed by atoms with Crippen molar-refractivity contribution >= 4 is 55.2 Å². The zero-order chi connectivity index (χ0) is 23.6. The lowest BCUT2D eigenvalue weighted by molar-refractivity contribution is 0.0971. The number of aryl methyl sites for hydroxylation is 1. The third kappa shape index (κ3) is 3.12. The number of hydrogen-bond acceptors (Lipinski definition) is 6. The van der Waals surface area contributed by atoms with Crippen molar-refractivity contribution in [2.75, 3.05) is 4.90 Å². The van der Waals surface area contributed by atoms with E-state index in [1.165, 1.54) is 27.9 Å². The lowest BCUT2D eigenvalue weighted by Gasteiger charge is -2.22. The number of carbonyl (C=O) groups excluding carboxylic acids is 1. The fourth-order valence-electron chi connectivity index (χ4n) is 4.43. The van der Waals surface area contributed by atoms with Crippen molar-refractivity contribution in [2.24, 2.45) is 0 Å². The smallest absolute Gasteiger partial charge is 0.297 e. The van der Waals surface area contributed by atoms with E-state index in [0.29, 0.717) is 21.1 Å². The van der Waals surface area contributed by atoms with Gasteiger partial charge in [0.15, 0.2) is 10.6 Å². The molecule has 5 aromatic rings. The number of benzene rings is 3. The zero-order valence-electron chi connectivity index (χ0n) is 17.9. The second-order valence-electron chi connectivity index (χ2n) is 8.14. The highest BCUT2D eigenvalue weighted by atomic mass is 35.5. The highest BCUT2D eigenvalue weighted by molar-refractivity contribution is 7.22. The van der Waals surface area contributed by atoms with Crippen LogP contribution in [-0.4, -0.2) is 16.0 Å². The second-order valence-corrected chi connectivity index (χ2v) is 9.58. The minimum absolute atomic E-state index is 0.0262. The van der Waals surface area contributed by atoms with Crippen LogP contribution in [0.2, 0.25) is 5.02 Å². The Morgan fingerprint density at radius 1 is 1.12 bits per heavy atom. The Morgan fingerprint density at radius 3 is 2.76 bits per heavy atom. The standard InChI is InChI=1S/C26H17ClN2O4S/c1-2-13-6-8-18-20(10-13)34-26(28-18)29-22(14-4-3-5-16(30)11-14)21-23(31)17-12-15(27)7-9-19(17)33-24(21)25(29)32/h3-12,22,30H,2H2,1H3/t22-/m0/s1. The number of hydrogen-bond donors (Lipinski definition) is 1. The topological polar surface area (TPSA) is 83.6 Å². The molecule has 1 aliphatic heterocycles. The normalized spacial score (nSPS) is 15.4. The summed E-state index contributed by atoms with van der Waals surface area (Å²) < 4.78 is 6.91. The van der Waals surface area contributed by atoms with E-state index in [-0.39, 0.29) is 28.1 Å². The largest absolute Gasteiger partial charge is 0.508 e. The Kier molecular flexibility index (Phi) is 4.72. The van der Waals surface area contributed by atoms with E-state index in [1.807, 2.05) is 12.1 Å². The van der Waals surface area contributed by atoms with Crippen molar-refractivity contribution in [1.29, 1.82) is 0 Å². The number of amides is 1. The van der Waals surface area contributed by atoms with Crippen LogP contribution in [0.15, 0.2) is 69.9 Å². The molecule has 1 aliphatic rings. The van der Waals surface area contributed by atoms with Crippen LogP contribution in [0.5, 0.6) is 5.75 Å². The minimum Gasteiger partial charge on any atom is -0.508 e. The molecule has 0 fully saturated rings. The van der Waals surface area contributed by atoms with Gasteiger partial charge in [0.2, 0.25) is 5.76 Å². The number of aromatic nitrogens is 1. The number of phenolic OH excluding ortho intramolecular Hbond substituents is 1. The maximum absolute atomic E-state index is 13.7. The number of phenols is 1. The highest BCUT2D eigenvalue weighted by Gasteiger charge is 2.45. The highest BCUT2D eigenvalue weighted by Crippen LogP contribution is 2.44. The first-order chi connectivity index (χ1) is 16.4. The van der Waals surface area contributed by atoms with E-state index in [9.17, 15) is 14.7 Å². The molecule has 1 N–H and O–H groups in total. The Labute approximate surface area is 202 Å². The summed E-state index contributed by atoms with van der Waals surface area (Å²) in [5.41, 5.74) is 2.68. The minimum atomic E-state index is -0.805. The van der Waals surface area contributed by atoms with E-state index < -0.39 is 11.9 Å². The quantitative estimate of drug-likeness (QED) is 0.333. The molecule has 0 saturated carbocycles. The summed E-state index contributed by atoms with van der Waals surface area (Å²) in [7, 11) is 0. The van der Waals surface area contributed by atoms with Crippen LogP contribution >= 0.6 is 22.9 Å². The summed E-state index contributed by atoms with van der Waals surface area (Å²) in [6, 6.07) is 16.5. The lowest BCUT2D eigenvalue weighted by Crippen LogP contribution is -2.29. The molecule has 0 saturated heterocycles. The summed E-state index contributed by atoms with van der Waals surface area (Å²) in [6.07, 6.45) is 0.886. The molecular weight excluding hydrogens is 472 g/mol. The van der Waals surface area contributed by atoms with Gasteiger partial charge in [-0.25, -0.2) is 4.98 Å². The monoisotopic (exact) mass is 488 g/mol. The van der Waals surface area contributed by atoms with Gasteiger partial charge in [0.1, 0.15) is 11.3 Å². The molecule has 0 aliphatic carbocycles. The third-order valence-corrected chi connectivity index (χ3v) is 7.33. The Balaban J connectivity index is 1.63. The number of halogens is 1. The number of rotatable bonds is 3. The SMILES string of the molecule is CCc1ccc2nc(N3C(=O)c4oc5ccc(Cl)cc5c(=O)c4[C@@H]3c3cccc(O)c3)sc2c1.